The van der Waals surface area contributed by atoms with Crippen LogP contribution in [0.15, 0.2) is 0 Å². The largest absolute Gasteiger partial charge is 0.444 e. The molecule has 3 amide bonds. The Labute approximate surface area is 187 Å². The number of piperidine rings is 1. The number of hydrogen-bond acceptors (Lipinski definition) is 5. The van der Waals surface area contributed by atoms with Gasteiger partial charge in [-0.15, -0.1) is 0 Å². The molecule has 0 aliphatic carbocycles. The molecular weight excluding hydrogens is 394 g/mol. The molecule has 0 aromatic rings. The van der Waals surface area contributed by atoms with Gasteiger partial charge in [0.05, 0.1) is 5.84 Å². The minimum Gasteiger partial charge on any atom is -0.444 e. The molecule has 3 fully saturated rings. The molecular formula is C23H41N5O3. The van der Waals surface area contributed by atoms with Crippen LogP contribution in [0.3, 0.4) is 0 Å². The maximum absolute atomic E-state index is 12.7. The molecule has 3 rings (SSSR count). The van der Waals surface area contributed by atoms with Gasteiger partial charge in [0.2, 0.25) is 0 Å². The Hall–Kier alpha value is -1.83. The summed E-state index contributed by atoms with van der Waals surface area (Å²) in [6.45, 7) is 11.8. The van der Waals surface area contributed by atoms with Crippen molar-refractivity contribution in [2.24, 2.45) is 5.92 Å². The first-order chi connectivity index (χ1) is 14.6. The van der Waals surface area contributed by atoms with Crippen LogP contribution >= 0.6 is 0 Å². The zero-order valence-corrected chi connectivity index (χ0v) is 19.8. The Balaban J connectivity index is 1.48. The molecule has 0 saturated carbocycles. The van der Waals surface area contributed by atoms with Crippen molar-refractivity contribution in [2.45, 2.75) is 90.3 Å². The van der Waals surface area contributed by atoms with Crippen LogP contribution in [0.4, 0.5) is 9.59 Å². The number of carbonyl (C=O) groups is 2. The first-order valence-electron chi connectivity index (χ1n) is 12.0. The van der Waals surface area contributed by atoms with Gasteiger partial charge in [-0.1, -0.05) is 0 Å². The molecule has 0 aromatic heterocycles. The summed E-state index contributed by atoms with van der Waals surface area (Å²) < 4.78 is 5.65. The third-order valence-electron chi connectivity index (χ3n) is 6.84. The first-order valence-corrected chi connectivity index (χ1v) is 12.0. The summed E-state index contributed by atoms with van der Waals surface area (Å²) in [6.07, 6.45) is 7.36. The van der Waals surface area contributed by atoms with Crippen molar-refractivity contribution < 1.29 is 14.3 Å². The van der Waals surface area contributed by atoms with Crippen molar-refractivity contribution in [3.05, 3.63) is 0 Å². The SMILES string of the molecule is CC(=N)NC(=O)N1CCCC(N2CCC([C@@H]3CCCN3C(=O)OC(C)(C)C)CC2)CC1. The molecule has 2 N–H and O–H groups in total. The molecule has 3 heterocycles. The highest BCUT2D eigenvalue weighted by Gasteiger charge is 2.39. The number of amides is 3. The van der Waals surface area contributed by atoms with Gasteiger partial charge in [0.15, 0.2) is 0 Å². The highest BCUT2D eigenvalue weighted by Crippen LogP contribution is 2.33. The smallest absolute Gasteiger partial charge is 0.410 e. The third-order valence-corrected chi connectivity index (χ3v) is 6.84. The summed E-state index contributed by atoms with van der Waals surface area (Å²) in [6, 6.07) is 0.690. The summed E-state index contributed by atoms with van der Waals surface area (Å²) >= 11 is 0. The molecule has 8 heteroatoms. The molecule has 31 heavy (non-hydrogen) atoms. The minimum atomic E-state index is -0.449. The lowest BCUT2D eigenvalue weighted by molar-refractivity contribution is 0.0116. The zero-order chi connectivity index (χ0) is 22.6. The topological polar surface area (TPSA) is 89.0 Å². The van der Waals surface area contributed by atoms with E-state index in [1.165, 1.54) is 0 Å². The highest BCUT2D eigenvalue weighted by molar-refractivity contribution is 5.94. The second kappa shape index (κ2) is 10.2. The second-order valence-corrected chi connectivity index (χ2v) is 10.4. The number of nitrogens with zero attached hydrogens (tertiary/aromatic N) is 3. The fraction of sp³-hybridized carbons (Fsp3) is 0.870. The first kappa shape index (κ1) is 23.8. The van der Waals surface area contributed by atoms with Crippen LogP contribution in [-0.4, -0.2) is 83.1 Å². The van der Waals surface area contributed by atoms with Gasteiger partial charge < -0.3 is 19.4 Å². The maximum Gasteiger partial charge on any atom is 0.410 e. The van der Waals surface area contributed by atoms with E-state index in [9.17, 15) is 9.59 Å². The normalized spacial score (nSPS) is 26.5. The van der Waals surface area contributed by atoms with E-state index in [-0.39, 0.29) is 18.0 Å². The van der Waals surface area contributed by atoms with Crippen molar-refractivity contribution in [1.29, 1.82) is 5.41 Å². The second-order valence-electron chi connectivity index (χ2n) is 10.4. The Morgan fingerprint density at radius 3 is 2.26 bits per heavy atom. The number of likely N-dealkylation sites (tertiary alicyclic amines) is 3. The molecule has 8 nitrogen and oxygen atoms in total. The number of carbonyl (C=O) groups excluding carboxylic acids is 2. The van der Waals surface area contributed by atoms with E-state index in [4.69, 9.17) is 10.1 Å². The molecule has 0 spiro atoms. The Morgan fingerprint density at radius 2 is 1.61 bits per heavy atom. The van der Waals surface area contributed by atoms with E-state index in [1.807, 2.05) is 30.6 Å². The van der Waals surface area contributed by atoms with Gasteiger partial charge >= 0.3 is 12.1 Å². The fourth-order valence-corrected chi connectivity index (χ4v) is 5.39. The van der Waals surface area contributed by atoms with Crippen LogP contribution in [-0.2, 0) is 4.74 Å². The van der Waals surface area contributed by atoms with E-state index in [2.05, 4.69) is 10.2 Å². The van der Waals surface area contributed by atoms with Crippen molar-refractivity contribution in [3.8, 4) is 0 Å². The molecule has 2 atom stereocenters. The average molecular weight is 436 g/mol. The van der Waals surface area contributed by atoms with Crippen molar-refractivity contribution >= 4 is 18.0 Å². The number of amidine groups is 1. The van der Waals surface area contributed by atoms with Crippen LogP contribution < -0.4 is 5.32 Å². The molecule has 3 aliphatic heterocycles. The lowest BCUT2D eigenvalue weighted by Crippen LogP contribution is -2.48. The number of hydrogen-bond donors (Lipinski definition) is 2. The quantitative estimate of drug-likeness (QED) is 0.512. The highest BCUT2D eigenvalue weighted by atomic mass is 16.6. The van der Waals surface area contributed by atoms with Gasteiger partial charge in [-0.05, 0) is 91.6 Å². The van der Waals surface area contributed by atoms with Gasteiger partial charge in [-0.3, -0.25) is 10.7 Å². The third kappa shape index (κ3) is 6.57. The zero-order valence-electron chi connectivity index (χ0n) is 19.8. The summed E-state index contributed by atoms with van der Waals surface area (Å²) in [5.41, 5.74) is -0.449. The van der Waals surface area contributed by atoms with Crippen LogP contribution in [0.5, 0.6) is 0 Å². The van der Waals surface area contributed by atoms with Gasteiger partial charge in [0.1, 0.15) is 5.60 Å². The van der Waals surface area contributed by atoms with E-state index >= 15 is 0 Å². The summed E-state index contributed by atoms with van der Waals surface area (Å²) in [5.74, 6) is 0.745. The van der Waals surface area contributed by atoms with Crippen LogP contribution in [0.2, 0.25) is 0 Å². The van der Waals surface area contributed by atoms with Crippen LogP contribution in [0.25, 0.3) is 0 Å². The number of rotatable bonds is 2. The standard InChI is InChI=1S/C23H41N5O3/c1-17(24)25-21(29)27-12-5-7-19(11-16-27)26-14-9-18(10-15-26)20-8-6-13-28(20)22(30)31-23(2,3)4/h18-20H,5-16H2,1-4H3,(H2,24,25,29)/t19?,20-/m0/s1. The monoisotopic (exact) mass is 435 g/mol. The summed E-state index contributed by atoms with van der Waals surface area (Å²) in [4.78, 5) is 31.3. The molecule has 3 aliphatic rings. The predicted octanol–water partition coefficient (Wildman–Crippen LogP) is 3.66. The van der Waals surface area contributed by atoms with E-state index in [0.29, 0.717) is 18.0 Å². The van der Waals surface area contributed by atoms with Crippen molar-refractivity contribution in [1.82, 2.24) is 20.0 Å². The molecule has 176 valence electrons. The number of urea groups is 1. The van der Waals surface area contributed by atoms with E-state index in [1.54, 1.807) is 6.92 Å². The van der Waals surface area contributed by atoms with Gasteiger partial charge in [0, 0.05) is 31.7 Å². The molecule has 0 aromatic carbocycles. The van der Waals surface area contributed by atoms with Crippen molar-refractivity contribution in [2.75, 3.05) is 32.7 Å². The van der Waals surface area contributed by atoms with E-state index in [0.717, 1.165) is 77.7 Å². The maximum atomic E-state index is 12.7. The summed E-state index contributed by atoms with van der Waals surface area (Å²) in [5, 5.41) is 10.1. The van der Waals surface area contributed by atoms with E-state index < -0.39 is 5.60 Å². The molecule has 3 saturated heterocycles. The fourth-order valence-electron chi connectivity index (χ4n) is 5.39. The molecule has 0 bridgehead atoms. The van der Waals surface area contributed by atoms with Gasteiger partial charge in [-0.25, -0.2) is 9.59 Å². The predicted molar refractivity (Wildman–Crippen MR) is 121 cm³/mol. The van der Waals surface area contributed by atoms with Gasteiger partial charge in [0.25, 0.3) is 0 Å². The molecule has 1 unspecified atom stereocenters. The lowest BCUT2D eigenvalue weighted by Gasteiger charge is -2.41. The van der Waals surface area contributed by atoms with Gasteiger partial charge in [-0.2, -0.15) is 0 Å². The summed E-state index contributed by atoms with van der Waals surface area (Å²) in [7, 11) is 0. The Bertz CT molecular complexity index is 654. The van der Waals surface area contributed by atoms with Crippen LogP contribution in [0, 0.1) is 11.3 Å². The van der Waals surface area contributed by atoms with Crippen molar-refractivity contribution in [3.63, 3.8) is 0 Å². The minimum absolute atomic E-state index is 0.143. The Morgan fingerprint density at radius 1 is 0.935 bits per heavy atom. The van der Waals surface area contributed by atoms with Crippen LogP contribution in [0.1, 0.15) is 72.6 Å². The molecule has 0 radical (unpaired) electrons. The number of ether oxygens (including phenoxy) is 1. The lowest BCUT2D eigenvalue weighted by atomic mass is 9.87. The average Bonchev–Trinajstić information content (AvgIpc) is 3.04. The Kier molecular flexibility index (Phi) is 7.83. The number of nitrogens with one attached hydrogen (secondary N) is 2.